The smallest absolute Gasteiger partial charge is 0.326 e. The molecule has 0 aromatic heterocycles. The molecule has 34 heavy (non-hydrogen) atoms. The lowest BCUT2D eigenvalue weighted by atomic mass is 10.1. The van der Waals surface area contributed by atoms with Gasteiger partial charge in [-0.1, -0.05) is 41.4 Å². The summed E-state index contributed by atoms with van der Waals surface area (Å²) in [6.07, 6.45) is 1.17. The lowest BCUT2D eigenvalue weighted by Gasteiger charge is -2.15. The van der Waals surface area contributed by atoms with Crippen molar-refractivity contribution in [2.75, 3.05) is 13.2 Å². The molecule has 7 nitrogen and oxygen atoms in total. The number of hydrogen-bond acceptors (Lipinski definition) is 7. The van der Waals surface area contributed by atoms with E-state index in [4.69, 9.17) is 37.4 Å². The van der Waals surface area contributed by atoms with E-state index in [2.05, 4.69) is 0 Å². The second kappa shape index (κ2) is 11.6. The normalized spacial score (nSPS) is 14.8. The maximum absolute atomic E-state index is 12.7. The van der Waals surface area contributed by atoms with E-state index in [1.165, 1.54) is 6.08 Å². The Hall–Kier alpha value is -2.68. The van der Waals surface area contributed by atoms with Gasteiger partial charge in [0.1, 0.15) is 13.2 Å². The van der Waals surface area contributed by atoms with Gasteiger partial charge in [-0.05, 0) is 62.4 Å². The molecule has 0 atom stereocenters. The highest BCUT2D eigenvalue weighted by atomic mass is 35.5. The number of ether oxygens (including phenoxy) is 3. The van der Waals surface area contributed by atoms with Crippen molar-refractivity contribution in [2.45, 2.75) is 33.5 Å². The van der Waals surface area contributed by atoms with Crippen molar-refractivity contribution in [3.8, 4) is 11.5 Å². The summed E-state index contributed by atoms with van der Waals surface area (Å²) in [4.78, 5) is 37.9. The van der Waals surface area contributed by atoms with E-state index in [-0.39, 0.29) is 22.6 Å². The summed E-state index contributed by atoms with van der Waals surface area (Å²) in [5, 5.41) is 0.290. The van der Waals surface area contributed by atoms with Gasteiger partial charge in [0, 0.05) is 10.6 Å². The number of rotatable bonds is 9. The number of thioether (sulfide) groups is 1. The number of benzene rings is 2. The summed E-state index contributed by atoms with van der Waals surface area (Å²) in [5.41, 5.74) is 1.32. The predicted molar refractivity (Wildman–Crippen MR) is 132 cm³/mol. The van der Waals surface area contributed by atoms with Crippen LogP contribution in [0.1, 0.15) is 31.9 Å². The maximum Gasteiger partial charge on any atom is 0.326 e. The summed E-state index contributed by atoms with van der Waals surface area (Å²) in [7, 11) is 0. The largest absolute Gasteiger partial charge is 0.490 e. The SMILES string of the molecule is CCOc1cc(/C=C2\SC(=O)N(CC(=O)OC(C)C)C2=O)cc(Cl)c1OCc1ccccc1Cl. The minimum Gasteiger partial charge on any atom is -0.490 e. The first-order chi connectivity index (χ1) is 16.2. The van der Waals surface area contributed by atoms with E-state index >= 15 is 0 Å². The molecule has 180 valence electrons. The van der Waals surface area contributed by atoms with Crippen molar-refractivity contribution in [3.63, 3.8) is 0 Å². The van der Waals surface area contributed by atoms with Crippen LogP contribution in [0.5, 0.6) is 11.5 Å². The molecule has 1 aliphatic rings. The monoisotopic (exact) mass is 523 g/mol. The van der Waals surface area contributed by atoms with Crippen LogP contribution in [0.25, 0.3) is 6.08 Å². The molecule has 0 radical (unpaired) electrons. The fourth-order valence-electron chi connectivity index (χ4n) is 3.06. The fourth-order valence-corrected chi connectivity index (χ4v) is 4.36. The molecule has 1 saturated heterocycles. The van der Waals surface area contributed by atoms with Crippen molar-refractivity contribution in [1.82, 2.24) is 4.90 Å². The lowest BCUT2D eigenvalue weighted by molar-refractivity contribution is -0.149. The maximum atomic E-state index is 12.7. The Bertz CT molecular complexity index is 1130. The molecule has 10 heteroatoms. The summed E-state index contributed by atoms with van der Waals surface area (Å²) in [6, 6.07) is 10.6. The van der Waals surface area contributed by atoms with Crippen LogP contribution in [0.15, 0.2) is 41.3 Å². The minimum absolute atomic E-state index is 0.158. The van der Waals surface area contributed by atoms with Gasteiger partial charge in [-0.3, -0.25) is 19.3 Å². The van der Waals surface area contributed by atoms with E-state index < -0.39 is 23.7 Å². The van der Waals surface area contributed by atoms with Gasteiger partial charge in [0.15, 0.2) is 11.5 Å². The first kappa shape index (κ1) is 25.9. The van der Waals surface area contributed by atoms with E-state index in [9.17, 15) is 14.4 Å². The summed E-state index contributed by atoms with van der Waals surface area (Å²) < 4.78 is 16.6. The van der Waals surface area contributed by atoms with Crippen LogP contribution in [0.2, 0.25) is 10.0 Å². The van der Waals surface area contributed by atoms with Crippen LogP contribution in [0.4, 0.5) is 4.79 Å². The predicted octanol–water partition coefficient (Wildman–Crippen LogP) is 5.96. The number of esters is 1. The molecule has 0 N–H and O–H groups in total. The molecule has 1 heterocycles. The molecular formula is C24H23Cl2NO6S. The van der Waals surface area contributed by atoms with Gasteiger partial charge in [0.25, 0.3) is 11.1 Å². The van der Waals surface area contributed by atoms with Crippen LogP contribution in [-0.2, 0) is 20.9 Å². The molecule has 0 spiro atoms. The number of halogens is 2. The Morgan fingerprint density at radius 2 is 1.85 bits per heavy atom. The van der Waals surface area contributed by atoms with E-state index in [1.54, 1.807) is 32.0 Å². The number of hydrogen-bond donors (Lipinski definition) is 0. The topological polar surface area (TPSA) is 82.1 Å². The molecule has 0 aliphatic carbocycles. The van der Waals surface area contributed by atoms with Gasteiger partial charge < -0.3 is 14.2 Å². The highest BCUT2D eigenvalue weighted by Crippen LogP contribution is 2.39. The van der Waals surface area contributed by atoms with Gasteiger partial charge >= 0.3 is 5.97 Å². The zero-order valence-electron chi connectivity index (χ0n) is 18.8. The molecule has 2 aromatic carbocycles. The third-order valence-electron chi connectivity index (χ3n) is 4.49. The van der Waals surface area contributed by atoms with Crippen molar-refractivity contribution in [3.05, 3.63) is 62.5 Å². The quantitative estimate of drug-likeness (QED) is 0.296. The van der Waals surface area contributed by atoms with Gasteiger partial charge in [-0.25, -0.2) is 0 Å². The summed E-state index contributed by atoms with van der Waals surface area (Å²) in [6.45, 7) is 5.29. The minimum atomic E-state index is -0.653. The first-order valence-electron chi connectivity index (χ1n) is 10.5. The number of amides is 2. The molecule has 2 aromatic rings. The van der Waals surface area contributed by atoms with Crippen LogP contribution in [0.3, 0.4) is 0 Å². The van der Waals surface area contributed by atoms with Crippen LogP contribution in [-0.4, -0.2) is 41.3 Å². The van der Waals surface area contributed by atoms with Gasteiger partial charge in [-0.2, -0.15) is 0 Å². The van der Waals surface area contributed by atoms with E-state index in [0.29, 0.717) is 28.7 Å². The zero-order valence-corrected chi connectivity index (χ0v) is 21.1. The van der Waals surface area contributed by atoms with E-state index in [0.717, 1.165) is 22.2 Å². The second-order valence-corrected chi connectivity index (χ2v) is 9.26. The van der Waals surface area contributed by atoms with Gasteiger partial charge in [-0.15, -0.1) is 0 Å². The average molecular weight is 524 g/mol. The Morgan fingerprint density at radius 3 is 2.53 bits per heavy atom. The molecule has 2 amide bonds. The standard InChI is InChI=1S/C24H23Cl2NO6S/c1-4-31-19-10-15(9-18(26)22(19)32-13-16-7-5-6-8-17(16)25)11-20-23(29)27(24(30)34-20)12-21(28)33-14(2)3/h5-11,14H,4,12-13H2,1-3H3/b20-11-. The number of nitrogens with zero attached hydrogens (tertiary/aromatic N) is 1. The summed E-state index contributed by atoms with van der Waals surface area (Å²) in [5.74, 6) is -0.512. The van der Waals surface area contributed by atoms with Gasteiger partial charge in [0.05, 0.1) is 22.6 Å². The van der Waals surface area contributed by atoms with E-state index in [1.807, 2.05) is 25.1 Å². The highest BCUT2D eigenvalue weighted by molar-refractivity contribution is 8.18. The highest BCUT2D eigenvalue weighted by Gasteiger charge is 2.37. The lowest BCUT2D eigenvalue weighted by Crippen LogP contribution is -2.35. The number of imide groups is 1. The zero-order chi connectivity index (χ0) is 24.8. The third-order valence-corrected chi connectivity index (χ3v) is 6.04. The first-order valence-corrected chi connectivity index (χ1v) is 12.0. The van der Waals surface area contributed by atoms with Crippen molar-refractivity contribution < 1.29 is 28.6 Å². The molecular weight excluding hydrogens is 501 g/mol. The molecule has 0 saturated carbocycles. The van der Waals surface area contributed by atoms with Gasteiger partial charge in [0.2, 0.25) is 0 Å². The van der Waals surface area contributed by atoms with Crippen LogP contribution < -0.4 is 9.47 Å². The molecule has 0 bridgehead atoms. The number of carbonyl (C=O) groups excluding carboxylic acids is 3. The van der Waals surface area contributed by atoms with Crippen LogP contribution >= 0.6 is 35.0 Å². The fraction of sp³-hybridized carbons (Fsp3) is 0.292. The molecule has 1 fully saturated rings. The molecule has 3 rings (SSSR count). The van der Waals surface area contributed by atoms with Crippen LogP contribution in [0, 0.1) is 0 Å². The Kier molecular flexibility index (Phi) is 8.88. The second-order valence-electron chi connectivity index (χ2n) is 7.45. The number of carbonyl (C=O) groups is 3. The third kappa shape index (κ3) is 6.46. The average Bonchev–Trinajstić information content (AvgIpc) is 3.01. The van der Waals surface area contributed by atoms with Crippen molar-refractivity contribution >= 4 is 58.2 Å². The van der Waals surface area contributed by atoms with Crippen molar-refractivity contribution in [2.24, 2.45) is 0 Å². The Labute approximate surface area is 211 Å². The van der Waals surface area contributed by atoms with Crippen molar-refractivity contribution in [1.29, 1.82) is 0 Å². The molecule has 1 aliphatic heterocycles. The summed E-state index contributed by atoms with van der Waals surface area (Å²) >= 11 is 13.4. The Morgan fingerprint density at radius 1 is 1.12 bits per heavy atom. The molecule has 0 unspecified atom stereocenters. The Balaban J connectivity index is 1.82.